The zero-order chi connectivity index (χ0) is 23.5. The number of piperazine rings is 1. The first-order chi connectivity index (χ1) is 17.3. The predicted octanol–water partition coefficient (Wildman–Crippen LogP) is 3.20. The number of nitrogens with zero attached hydrogens (tertiary/aromatic N) is 8. The van der Waals surface area contributed by atoms with E-state index in [0.717, 1.165) is 60.7 Å². The molecular weight excluding hydrogens is 440 g/mol. The van der Waals surface area contributed by atoms with Crippen LogP contribution in [-0.4, -0.2) is 61.3 Å². The van der Waals surface area contributed by atoms with Gasteiger partial charge in [-0.15, -0.1) is 0 Å². The number of hydrogen-bond donors (Lipinski definition) is 2. The molecule has 0 bridgehead atoms. The Hall–Kier alpha value is -4.60. The Morgan fingerprint density at radius 1 is 0.771 bits per heavy atom. The molecule has 2 N–H and O–H groups in total. The van der Waals surface area contributed by atoms with E-state index in [0.29, 0.717) is 11.9 Å². The lowest BCUT2D eigenvalue weighted by Crippen LogP contribution is -2.47. The number of hydrogen-bond acceptors (Lipinski definition) is 9. The lowest BCUT2D eigenvalue weighted by Gasteiger charge is -2.34. The summed E-state index contributed by atoms with van der Waals surface area (Å²) in [5, 5.41) is 11.3. The molecule has 0 saturated carbocycles. The van der Waals surface area contributed by atoms with Crippen LogP contribution in [0.4, 0.5) is 23.5 Å². The quantitative estimate of drug-likeness (QED) is 0.391. The Kier molecular flexibility index (Phi) is 5.59. The molecule has 0 spiro atoms. The van der Waals surface area contributed by atoms with Crippen LogP contribution >= 0.6 is 0 Å². The minimum atomic E-state index is 0.508. The summed E-state index contributed by atoms with van der Waals surface area (Å²) in [4.78, 5) is 26.9. The highest BCUT2D eigenvalue weighted by Gasteiger charge is 2.21. The molecule has 35 heavy (non-hydrogen) atoms. The molecule has 3 aromatic heterocycles. The van der Waals surface area contributed by atoms with E-state index in [-0.39, 0.29) is 0 Å². The van der Waals surface area contributed by atoms with Gasteiger partial charge in [0.1, 0.15) is 6.33 Å². The zero-order valence-corrected chi connectivity index (χ0v) is 19.0. The second-order valence-electron chi connectivity index (χ2n) is 8.43. The summed E-state index contributed by atoms with van der Waals surface area (Å²) in [6.45, 7) is 3.14. The average Bonchev–Trinajstić information content (AvgIpc) is 3.38. The van der Waals surface area contributed by atoms with Gasteiger partial charge in [-0.05, 0) is 29.3 Å². The number of fused-ring (bicyclic) bond motifs is 1. The zero-order valence-electron chi connectivity index (χ0n) is 19.0. The van der Waals surface area contributed by atoms with Gasteiger partial charge in [-0.25, -0.2) is 19.9 Å². The summed E-state index contributed by atoms with van der Waals surface area (Å²) in [5.41, 5.74) is 4.20. The topological polar surface area (TPSA) is 112 Å². The van der Waals surface area contributed by atoms with Crippen LogP contribution in [0.2, 0.25) is 0 Å². The van der Waals surface area contributed by atoms with Gasteiger partial charge in [-0.1, -0.05) is 30.3 Å². The molecule has 10 heteroatoms. The van der Waals surface area contributed by atoms with Gasteiger partial charge in [0, 0.05) is 56.1 Å². The van der Waals surface area contributed by atoms with E-state index in [4.69, 9.17) is 0 Å². The maximum Gasteiger partial charge on any atom is 0.231 e. The summed E-state index contributed by atoms with van der Waals surface area (Å²) in [7, 11) is 0. The smallest absolute Gasteiger partial charge is 0.231 e. The van der Waals surface area contributed by atoms with Crippen molar-refractivity contribution in [3.63, 3.8) is 0 Å². The number of nitrogens with one attached hydrogen (secondary N) is 2. The van der Waals surface area contributed by atoms with Gasteiger partial charge in [-0.3, -0.25) is 5.10 Å². The third-order valence-electron chi connectivity index (χ3n) is 6.05. The van der Waals surface area contributed by atoms with Crippen LogP contribution < -0.4 is 15.1 Å². The minimum Gasteiger partial charge on any atom is -0.337 e. The summed E-state index contributed by atoms with van der Waals surface area (Å²) in [5.74, 6) is 1.92. The summed E-state index contributed by atoms with van der Waals surface area (Å²) < 4.78 is 0. The monoisotopic (exact) mass is 464 g/mol. The largest absolute Gasteiger partial charge is 0.337 e. The third-order valence-corrected chi connectivity index (χ3v) is 6.05. The normalized spacial score (nSPS) is 13.8. The maximum atomic E-state index is 4.63. The molecule has 6 rings (SSSR count). The van der Waals surface area contributed by atoms with Crippen molar-refractivity contribution in [3.8, 4) is 0 Å². The Bertz CT molecular complexity index is 1410. The van der Waals surface area contributed by atoms with Crippen molar-refractivity contribution in [2.45, 2.75) is 6.42 Å². The molecule has 0 atom stereocenters. The summed E-state index contributed by atoms with van der Waals surface area (Å²) in [6.07, 6.45) is 8.02. The van der Waals surface area contributed by atoms with Gasteiger partial charge in [0.15, 0.2) is 0 Å². The number of anilines is 4. The van der Waals surface area contributed by atoms with Crippen LogP contribution in [0.5, 0.6) is 0 Å². The number of aromatic nitrogens is 7. The van der Waals surface area contributed by atoms with Crippen LogP contribution in [0.3, 0.4) is 0 Å². The number of benzene rings is 2. The lowest BCUT2D eigenvalue weighted by atomic mass is 10.1. The number of rotatable bonds is 6. The van der Waals surface area contributed by atoms with Crippen molar-refractivity contribution < 1.29 is 0 Å². The fraction of sp³-hybridized carbons (Fsp3) is 0.200. The van der Waals surface area contributed by atoms with Crippen molar-refractivity contribution in [3.05, 3.63) is 84.6 Å². The van der Waals surface area contributed by atoms with Gasteiger partial charge in [0.2, 0.25) is 17.8 Å². The van der Waals surface area contributed by atoms with Crippen molar-refractivity contribution in [2.75, 3.05) is 41.3 Å². The van der Waals surface area contributed by atoms with E-state index in [9.17, 15) is 0 Å². The van der Waals surface area contributed by atoms with Crippen LogP contribution in [0.25, 0.3) is 10.9 Å². The molecular formula is C25H24N10. The second-order valence-corrected chi connectivity index (χ2v) is 8.43. The van der Waals surface area contributed by atoms with Crippen LogP contribution in [0, 0.1) is 0 Å². The van der Waals surface area contributed by atoms with E-state index < -0.39 is 0 Å². The Morgan fingerprint density at radius 2 is 1.54 bits per heavy atom. The summed E-state index contributed by atoms with van der Waals surface area (Å²) in [6, 6.07) is 16.3. The predicted molar refractivity (Wildman–Crippen MR) is 135 cm³/mol. The molecule has 0 radical (unpaired) electrons. The Morgan fingerprint density at radius 3 is 2.34 bits per heavy atom. The van der Waals surface area contributed by atoms with Crippen molar-refractivity contribution in [2.24, 2.45) is 0 Å². The highest BCUT2D eigenvalue weighted by molar-refractivity contribution is 5.82. The molecule has 10 nitrogen and oxygen atoms in total. The van der Waals surface area contributed by atoms with Gasteiger partial charge < -0.3 is 15.1 Å². The number of aromatic amines is 1. The fourth-order valence-corrected chi connectivity index (χ4v) is 4.18. The first-order valence-electron chi connectivity index (χ1n) is 11.5. The van der Waals surface area contributed by atoms with Gasteiger partial charge >= 0.3 is 0 Å². The van der Waals surface area contributed by atoms with Crippen molar-refractivity contribution in [1.82, 2.24) is 35.1 Å². The van der Waals surface area contributed by atoms with E-state index in [1.165, 1.54) is 5.56 Å². The molecule has 1 aliphatic heterocycles. The lowest BCUT2D eigenvalue weighted by molar-refractivity contribution is 0.626. The second kappa shape index (κ2) is 9.34. The van der Waals surface area contributed by atoms with E-state index in [2.05, 4.69) is 74.5 Å². The average molecular weight is 465 g/mol. The molecule has 2 aromatic carbocycles. The fourth-order valence-electron chi connectivity index (χ4n) is 4.18. The molecule has 1 saturated heterocycles. The first kappa shape index (κ1) is 21.0. The molecule has 0 unspecified atom stereocenters. The molecule has 0 amide bonds. The van der Waals surface area contributed by atoms with Gasteiger partial charge in [0.05, 0.1) is 11.7 Å². The molecule has 5 aromatic rings. The maximum absolute atomic E-state index is 4.63. The van der Waals surface area contributed by atoms with Crippen LogP contribution in [0.15, 0.2) is 73.4 Å². The Labute approximate surface area is 202 Å². The first-order valence-corrected chi connectivity index (χ1v) is 11.5. The SMILES string of the molecule is c1ccc(Cc2cnc(N3CCN(c4ncnc(Nc5ccc6cn[nH]c6c5)n4)CC3)nc2)cc1. The minimum absolute atomic E-state index is 0.508. The molecule has 0 aliphatic carbocycles. The highest BCUT2D eigenvalue weighted by atomic mass is 15.4. The Balaban J connectivity index is 1.07. The highest BCUT2D eigenvalue weighted by Crippen LogP contribution is 2.21. The van der Waals surface area contributed by atoms with Crippen molar-refractivity contribution >= 4 is 34.4 Å². The van der Waals surface area contributed by atoms with E-state index in [1.54, 1.807) is 12.5 Å². The molecule has 174 valence electrons. The standard InChI is InChI=1S/C25H24N10/c1-2-4-18(5-3-1)12-19-14-26-24(27-15-19)34-8-10-35(11-9-34)25-29-17-28-23(32-25)31-21-7-6-20-16-30-33-22(20)13-21/h1-7,13-17H,8-12H2,(H,30,33)(H,28,29,31,32). The molecule has 1 fully saturated rings. The van der Waals surface area contributed by atoms with Gasteiger partial charge in [-0.2, -0.15) is 10.1 Å². The van der Waals surface area contributed by atoms with E-state index >= 15 is 0 Å². The van der Waals surface area contributed by atoms with Gasteiger partial charge in [0.25, 0.3) is 0 Å². The third kappa shape index (κ3) is 4.72. The van der Waals surface area contributed by atoms with Crippen LogP contribution in [-0.2, 0) is 6.42 Å². The summed E-state index contributed by atoms with van der Waals surface area (Å²) >= 11 is 0. The van der Waals surface area contributed by atoms with Crippen molar-refractivity contribution in [1.29, 1.82) is 0 Å². The van der Waals surface area contributed by atoms with Crippen LogP contribution in [0.1, 0.15) is 11.1 Å². The molecule has 4 heterocycles. The van der Waals surface area contributed by atoms with E-state index in [1.807, 2.05) is 36.7 Å². The molecule has 1 aliphatic rings. The number of H-pyrrole nitrogens is 1.